The van der Waals surface area contributed by atoms with Crippen molar-refractivity contribution >= 4 is 40.2 Å². The van der Waals surface area contributed by atoms with Crippen molar-refractivity contribution in [3.8, 4) is 0 Å². The van der Waals surface area contributed by atoms with Crippen LogP contribution in [0.5, 0.6) is 0 Å². The van der Waals surface area contributed by atoms with E-state index in [4.69, 9.17) is 11.6 Å². The van der Waals surface area contributed by atoms with Gasteiger partial charge in [-0.05, 0) is 25.1 Å². The maximum absolute atomic E-state index is 11.4. The van der Waals surface area contributed by atoms with Gasteiger partial charge in [0.15, 0.2) is 0 Å². The van der Waals surface area contributed by atoms with Crippen LogP contribution in [0.4, 0.5) is 11.4 Å². The van der Waals surface area contributed by atoms with Gasteiger partial charge in [-0.1, -0.05) is 18.5 Å². The lowest BCUT2D eigenvalue weighted by Crippen LogP contribution is -2.09. The number of rotatable bonds is 5. The Bertz CT molecular complexity index is 612. The van der Waals surface area contributed by atoms with E-state index >= 15 is 0 Å². The van der Waals surface area contributed by atoms with Crippen LogP contribution in [0.25, 0.3) is 0 Å². The number of anilines is 2. The van der Waals surface area contributed by atoms with Gasteiger partial charge in [0.05, 0.1) is 22.3 Å². The van der Waals surface area contributed by atoms with Crippen LogP contribution < -0.4 is 10.6 Å². The number of aryl methyl sites for hydroxylation is 1. The summed E-state index contributed by atoms with van der Waals surface area (Å²) in [5.74, 6) is -0.0173. The summed E-state index contributed by atoms with van der Waals surface area (Å²) in [6.45, 7) is 4.45. The Morgan fingerprint density at radius 2 is 2.25 bits per heavy atom. The molecule has 1 heterocycles. The number of nitrogens with one attached hydrogen (secondary N) is 2. The largest absolute Gasteiger partial charge is 0.379 e. The normalized spacial score (nSPS) is 10.3. The van der Waals surface area contributed by atoms with Gasteiger partial charge in [-0.3, -0.25) is 4.79 Å². The monoisotopic (exact) mass is 309 g/mol. The smallest absolute Gasteiger partial charge is 0.224 e. The molecule has 0 spiro atoms. The van der Waals surface area contributed by atoms with Crippen molar-refractivity contribution in [3.05, 3.63) is 39.3 Å². The van der Waals surface area contributed by atoms with Crippen LogP contribution in [0, 0.1) is 6.92 Å². The van der Waals surface area contributed by atoms with Crippen molar-refractivity contribution in [2.75, 3.05) is 10.6 Å². The van der Waals surface area contributed by atoms with Gasteiger partial charge in [0, 0.05) is 23.2 Å². The van der Waals surface area contributed by atoms with Crippen LogP contribution >= 0.6 is 22.9 Å². The third-order valence-electron chi connectivity index (χ3n) is 2.69. The van der Waals surface area contributed by atoms with Crippen LogP contribution in [-0.2, 0) is 11.3 Å². The molecule has 1 amide bonds. The number of thiazole rings is 1. The topological polar surface area (TPSA) is 54.0 Å². The zero-order chi connectivity index (χ0) is 14.5. The molecule has 0 aliphatic heterocycles. The van der Waals surface area contributed by atoms with E-state index in [1.165, 1.54) is 0 Å². The van der Waals surface area contributed by atoms with Crippen molar-refractivity contribution < 1.29 is 4.79 Å². The molecule has 0 saturated carbocycles. The predicted octanol–water partition coefficient (Wildman–Crippen LogP) is 4.07. The van der Waals surface area contributed by atoms with Crippen molar-refractivity contribution in [3.63, 3.8) is 0 Å². The molecule has 1 aromatic carbocycles. The Morgan fingerprint density at radius 1 is 1.45 bits per heavy atom. The van der Waals surface area contributed by atoms with E-state index in [1.54, 1.807) is 23.5 Å². The first-order valence-corrected chi connectivity index (χ1v) is 7.52. The van der Waals surface area contributed by atoms with E-state index < -0.39 is 0 Å². The second-order valence-corrected chi connectivity index (χ2v) is 6.02. The number of carbonyl (C=O) groups is 1. The lowest BCUT2D eigenvalue weighted by Gasteiger charge is -2.10. The summed E-state index contributed by atoms with van der Waals surface area (Å²) in [5.41, 5.74) is 1.54. The molecule has 0 bridgehead atoms. The molecular weight excluding hydrogens is 294 g/mol. The number of halogens is 1. The van der Waals surface area contributed by atoms with E-state index in [0.29, 0.717) is 18.0 Å². The van der Waals surface area contributed by atoms with Crippen molar-refractivity contribution in [2.24, 2.45) is 0 Å². The first-order valence-electron chi connectivity index (χ1n) is 6.33. The summed E-state index contributed by atoms with van der Waals surface area (Å²) in [4.78, 5) is 16.7. The second-order valence-electron chi connectivity index (χ2n) is 4.30. The van der Waals surface area contributed by atoms with E-state index in [2.05, 4.69) is 15.6 Å². The molecule has 0 aliphatic rings. The van der Waals surface area contributed by atoms with Gasteiger partial charge in [0.2, 0.25) is 5.91 Å². The number of benzene rings is 1. The van der Waals surface area contributed by atoms with Crippen LogP contribution in [-0.4, -0.2) is 10.9 Å². The summed E-state index contributed by atoms with van der Waals surface area (Å²) in [6.07, 6.45) is 2.30. The standard InChI is InChI=1S/C14H16ClN3OS/c1-3-14(19)18-10-4-5-12(15)13(6-10)17-8-11-7-16-9(2)20-11/h4-7,17H,3,8H2,1-2H3,(H,18,19). The molecule has 0 atom stereocenters. The number of hydrogen-bond donors (Lipinski definition) is 2. The summed E-state index contributed by atoms with van der Waals surface area (Å²) in [5, 5.41) is 7.74. The summed E-state index contributed by atoms with van der Waals surface area (Å²) >= 11 is 7.80. The SMILES string of the molecule is CCC(=O)Nc1ccc(Cl)c(NCc2cnc(C)s2)c1. The summed E-state index contributed by atoms with van der Waals surface area (Å²) in [6, 6.07) is 5.40. The highest BCUT2D eigenvalue weighted by Gasteiger charge is 2.05. The Balaban J connectivity index is 2.06. The molecule has 106 valence electrons. The van der Waals surface area contributed by atoms with E-state index in [1.807, 2.05) is 26.1 Å². The highest BCUT2D eigenvalue weighted by atomic mass is 35.5. The average molecular weight is 310 g/mol. The fourth-order valence-corrected chi connectivity index (χ4v) is 2.58. The molecule has 0 saturated heterocycles. The van der Waals surface area contributed by atoms with E-state index in [0.717, 1.165) is 21.3 Å². The van der Waals surface area contributed by atoms with Crippen LogP contribution in [0.2, 0.25) is 5.02 Å². The Labute approximate surface area is 127 Å². The van der Waals surface area contributed by atoms with Gasteiger partial charge in [0.1, 0.15) is 0 Å². The van der Waals surface area contributed by atoms with Crippen molar-refractivity contribution in [1.29, 1.82) is 0 Å². The van der Waals surface area contributed by atoms with Gasteiger partial charge in [-0.25, -0.2) is 4.98 Å². The first kappa shape index (κ1) is 14.8. The van der Waals surface area contributed by atoms with Gasteiger partial charge < -0.3 is 10.6 Å². The van der Waals surface area contributed by atoms with E-state index in [-0.39, 0.29) is 5.91 Å². The second kappa shape index (κ2) is 6.72. The minimum atomic E-state index is -0.0173. The minimum Gasteiger partial charge on any atom is -0.379 e. The molecule has 2 rings (SSSR count). The Hall–Kier alpha value is -1.59. The van der Waals surface area contributed by atoms with E-state index in [9.17, 15) is 4.79 Å². The number of hydrogen-bond acceptors (Lipinski definition) is 4. The van der Waals surface area contributed by atoms with Crippen LogP contribution in [0.3, 0.4) is 0 Å². The van der Waals surface area contributed by atoms with Gasteiger partial charge >= 0.3 is 0 Å². The predicted molar refractivity (Wildman–Crippen MR) is 84.6 cm³/mol. The van der Waals surface area contributed by atoms with Crippen LogP contribution in [0.1, 0.15) is 23.2 Å². The third-order valence-corrected chi connectivity index (χ3v) is 3.94. The molecule has 2 N–H and O–H groups in total. The fraction of sp³-hybridized carbons (Fsp3) is 0.286. The molecule has 0 aliphatic carbocycles. The molecule has 0 fully saturated rings. The van der Waals surface area contributed by atoms with Crippen LogP contribution in [0.15, 0.2) is 24.4 Å². The molecular formula is C14H16ClN3OS. The molecule has 2 aromatic rings. The minimum absolute atomic E-state index is 0.0173. The first-order chi connectivity index (χ1) is 9.58. The average Bonchev–Trinajstić information content (AvgIpc) is 2.85. The van der Waals surface area contributed by atoms with Gasteiger partial charge in [0.25, 0.3) is 0 Å². The molecule has 4 nitrogen and oxygen atoms in total. The van der Waals surface area contributed by atoms with Gasteiger partial charge in [-0.15, -0.1) is 11.3 Å². The molecule has 1 aromatic heterocycles. The number of amides is 1. The molecule has 20 heavy (non-hydrogen) atoms. The maximum Gasteiger partial charge on any atom is 0.224 e. The molecule has 0 unspecified atom stereocenters. The third kappa shape index (κ3) is 3.95. The number of aromatic nitrogens is 1. The van der Waals surface area contributed by atoms with Crippen molar-refractivity contribution in [1.82, 2.24) is 4.98 Å². The van der Waals surface area contributed by atoms with Gasteiger partial charge in [-0.2, -0.15) is 0 Å². The Kier molecular flexibility index (Phi) is 4.98. The molecule has 6 heteroatoms. The summed E-state index contributed by atoms with van der Waals surface area (Å²) in [7, 11) is 0. The quantitative estimate of drug-likeness (QED) is 0.875. The number of nitrogens with zero attached hydrogens (tertiary/aromatic N) is 1. The fourth-order valence-electron chi connectivity index (χ4n) is 1.66. The van der Waals surface area contributed by atoms with Crippen molar-refractivity contribution in [2.45, 2.75) is 26.8 Å². The Morgan fingerprint density at radius 3 is 2.90 bits per heavy atom. The summed E-state index contributed by atoms with van der Waals surface area (Å²) < 4.78 is 0. The lowest BCUT2D eigenvalue weighted by atomic mass is 10.2. The highest BCUT2D eigenvalue weighted by Crippen LogP contribution is 2.26. The highest BCUT2D eigenvalue weighted by molar-refractivity contribution is 7.11. The maximum atomic E-state index is 11.4. The zero-order valence-corrected chi connectivity index (χ0v) is 12.9. The lowest BCUT2D eigenvalue weighted by molar-refractivity contribution is -0.115. The zero-order valence-electron chi connectivity index (χ0n) is 11.4. The molecule has 0 radical (unpaired) electrons. The number of carbonyl (C=O) groups excluding carboxylic acids is 1.